The maximum absolute atomic E-state index is 12.6. The average molecular weight is 316 g/mol. The molecule has 0 saturated carbocycles. The highest BCUT2D eigenvalue weighted by Crippen LogP contribution is 2.39. The van der Waals surface area contributed by atoms with E-state index in [9.17, 15) is 9.90 Å². The van der Waals surface area contributed by atoms with Gasteiger partial charge in [0.2, 0.25) is 0 Å². The van der Waals surface area contributed by atoms with Crippen LogP contribution in [-0.4, -0.2) is 87.7 Å². The molecular weight excluding hydrogens is 292 g/mol. The zero-order valence-corrected chi connectivity index (χ0v) is 13.6. The van der Waals surface area contributed by atoms with E-state index in [2.05, 4.69) is 21.7 Å². The molecule has 2 unspecified atom stereocenters. The van der Waals surface area contributed by atoms with Gasteiger partial charge in [0, 0.05) is 51.2 Å². The van der Waals surface area contributed by atoms with Crippen LogP contribution in [0.3, 0.4) is 0 Å². The van der Waals surface area contributed by atoms with Crippen molar-refractivity contribution in [3.05, 3.63) is 30.1 Å². The van der Waals surface area contributed by atoms with Gasteiger partial charge in [0.1, 0.15) is 0 Å². The van der Waals surface area contributed by atoms with Crippen LogP contribution in [0.25, 0.3) is 0 Å². The molecule has 0 bridgehead atoms. The number of fused-ring (bicyclic) bond motifs is 2. The van der Waals surface area contributed by atoms with Crippen LogP contribution in [0, 0.1) is 0 Å². The Kier molecular flexibility index (Phi) is 3.63. The minimum Gasteiger partial charge on any atom is -0.392 e. The summed E-state index contributed by atoms with van der Waals surface area (Å²) in [5.74, 6) is 0.0636. The molecule has 4 heterocycles. The Bertz CT molecular complexity index is 588. The molecule has 0 aromatic carbocycles. The highest BCUT2D eigenvalue weighted by Gasteiger charge is 2.56. The van der Waals surface area contributed by atoms with Crippen molar-refractivity contribution in [3.8, 4) is 0 Å². The third kappa shape index (κ3) is 2.45. The fraction of sp³-hybridized carbons (Fsp3) is 0.647. The number of carbonyl (C=O) groups excluding carboxylic acids is 1. The van der Waals surface area contributed by atoms with E-state index in [0.29, 0.717) is 11.6 Å². The number of nitrogens with zero attached hydrogens (tertiary/aromatic N) is 4. The first-order valence-corrected chi connectivity index (χ1v) is 8.48. The van der Waals surface area contributed by atoms with E-state index in [1.807, 2.05) is 11.0 Å². The number of aromatic nitrogens is 1. The lowest BCUT2D eigenvalue weighted by Crippen LogP contribution is -2.78. The molecule has 1 N–H and O–H groups in total. The topological polar surface area (TPSA) is 59.9 Å². The number of hydrogen-bond donors (Lipinski definition) is 1. The monoisotopic (exact) mass is 316 g/mol. The molecule has 3 saturated heterocycles. The molecule has 3 fully saturated rings. The lowest BCUT2D eigenvalue weighted by atomic mass is 9.83. The summed E-state index contributed by atoms with van der Waals surface area (Å²) in [5.41, 5.74) is 0.678. The fourth-order valence-corrected chi connectivity index (χ4v) is 4.52. The number of amides is 1. The van der Waals surface area contributed by atoms with E-state index in [4.69, 9.17) is 0 Å². The molecule has 1 aromatic heterocycles. The Morgan fingerprint density at radius 1 is 1.39 bits per heavy atom. The molecular formula is C17H24N4O2. The van der Waals surface area contributed by atoms with E-state index < -0.39 is 0 Å². The second kappa shape index (κ2) is 5.54. The molecule has 6 nitrogen and oxygen atoms in total. The molecule has 3 aliphatic rings. The Balaban J connectivity index is 1.50. The van der Waals surface area contributed by atoms with Gasteiger partial charge in [0.15, 0.2) is 0 Å². The molecule has 23 heavy (non-hydrogen) atoms. The number of piperazine rings is 1. The average Bonchev–Trinajstić information content (AvgIpc) is 2.92. The van der Waals surface area contributed by atoms with Gasteiger partial charge >= 0.3 is 0 Å². The Labute approximate surface area is 136 Å². The molecule has 124 valence electrons. The Morgan fingerprint density at radius 3 is 2.91 bits per heavy atom. The van der Waals surface area contributed by atoms with Gasteiger partial charge in [-0.3, -0.25) is 14.7 Å². The molecule has 4 rings (SSSR count). The quantitative estimate of drug-likeness (QED) is 0.835. The highest BCUT2D eigenvalue weighted by atomic mass is 16.3. The van der Waals surface area contributed by atoms with Gasteiger partial charge in [0.05, 0.1) is 17.2 Å². The van der Waals surface area contributed by atoms with E-state index >= 15 is 0 Å². The van der Waals surface area contributed by atoms with Crippen LogP contribution < -0.4 is 0 Å². The predicted molar refractivity (Wildman–Crippen MR) is 86.1 cm³/mol. The van der Waals surface area contributed by atoms with Crippen LogP contribution in [0.15, 0.2) is 24.5 Å². The lowest BCUT2D eigenvalue weighted by molar-refractivity contribution is -0.0988. The molecule has 1 amide bonds. The van der Waals surface area contributed by atoms with E-state index in [-0.39, 0.29) is 17.6 Å². The number of β-amino-alcohol motifs (C(OH)–C–C–N with tert-alkyl or cyclic N) is 1. The van der Waals surface area contributed by atoms with Crippen molar-refractivity contribution in [2.24, 2.45) is 0 Å². The van der Waals surface area contributed by atoms with Gasteiger partial charge in [-0.25, -0.2) is 0 Å². The van der Waals surface area contributed by atoms with Crippen LogP contribution in [0.1, 0.15) is 23.7 Å². The maximum atomic E-state index is 12.6. The van der Waals surface area contributed by atoms with Crippen LogP contribution in [-0.2, 0) is 0 Å². The van der Waals surface area contributed by atoms with Gasteiger partial charge in [0.25, 0.3) is 5.91 Å². The molecule has 2 atom stereocenters. The summed E-state index contributed by atoms with van der Waals surface area (Å²) in [5, 5.41) is 10.1. The predicted octanol–water partition coefficient (Wildman–Crippen LogP) is 0.0469. The third-order valence-electron chi connectivity index (χ3n) is 5.60. The SMILES string of the molecule is CCN1CC2CC(O)CN2C2(C1)CN(C(=O)c1cccnc1)C2. The van der Waals surface area contributed by atoms with Crippen molar-refractivity contribution in [3.63, 3.8) is 0 Å². The van der Waals surface area contributed by atoms with Crippen LogP contribution in [0.4, 0.5) is 0 Å². The van der Waals surface area contributed by atoms with E-state index in [1.54, 1.807) is 18.5 Å². The number of rotatable bonds is 2. The number of likely N-dealkylation sites (tertiary alicyclic amines) is 1. The van der Waals surface area contributed by atoms with Gasteiger partial charge in [-0.05, 0) is 25.1 Å². The minimum atomic E-state index is -0.225. The highest BCUT2D eigenvalue weighted by molar-refractivity contribution is 5.94. The molecule has 6 heteroatoms. The minimum absolute atomic E-state index is 0.0221. The third-order valence-corrected chi connectivity index (χ3v) is 5.60. The lowest BCUT2D eigenvalue weighted by Gasteiger charge is -2.61. The number of aliphatic hydroxyl groups excluding tert-OH is 1. The first-order chi connectivity index (χ1) is 11.1. The first kappa shape index (κ1) is 15.1. The maximum Gasteiger partial charge on any atom is 0.255 e. The summed E-state index contributed by atoms with van der Waals surface area (Å²) in [6.45, 7) is 7.48. The summed E-state index contributed by atoms with van der Waals surface area (Å²) >= 11 is 0. The van der Waals surface area contributed by atoms with Crippen molar-refractivity contribution in [2.45, 2.75) is 31.0 Å². The molecule has 1 aromatic rings. The first-order valence-electron chi connectivity index (χ1n) is 8.48. The number of pyridine rings is 1. The summed E-state index contributed by atoms with van der Waals surface area (Å²) in [6, 6.07) is 4.05. The van der Waals surface area contributed by atoms with Gasteiger partial charge < -0.3 is 14.9 Å². The van der Waals surface area contributed by atoms with Crippen molar-refractivity contribution >= 4 is 5.91 Å². The van der Waals surface area contributed by atoms with Crippen molar-refractivity contribution in [2.75, 3.05) is 39.3 Å². The largest absolute Gasteiger partial charge is 0.392 e. The summed E-state index contributed by atoms with van der Waals surface area (Å²) in [6.07, 6.45) is 3.95. The molecule has 0 radical (unpaired) electrons. The normalized spacial score (nSPS) is 30.3. The molecule has 0 aliphatic carbocycles. The summed E-state index contributed by atoms with van der Waals surface area (Å²) in [7, 11) is 0. The van der Waals surface area contributed by atoms with Crippen molar-refractivity contribution in [1.29, 1.82) is 0 Å². The molecule has 3 aliphatic heterocycles. The number of carbonyl (C=O) groups is 1. The zero-order valence-electron chi connectivity index (χ0n) is 13.6. The second-order valence-electron chi connectivity index (χ2n) is 7.15. The Hall–Kier alpha value is -1.50. The number of hydrogen-bond acceptors (Lipinski definition) is 5. The molecule has 1 spiro atoms. The van der Waals surface area contributed by atoms with Gasteiger partial charge in [-0.15, -0.1) is 0 Å². The van der Waals surface area contributed by atoms with Crippen LogP contribution in [0.2, 0.25) is 0 Å². The van der Waals surface area contributed by atoms with Crippen LogP contribution >= 0.6 is 0 Å². The standard InChI is InChI=1S/C17H24N4O2/c1-2-19-8-14-6-15(22)9-21(14)17(10-19)11-20(12-17)16(23)13-4-3-5-18-7-13/h3-5,7,14-15,22H,2,6,8-12H2,1H3. The summed E-state index contributed by atoms with van der Waals surface area (Å²) < 4.78 is 0. The van der Waals surface area contributed by atoms with Gasteiger partial charge in [-0.2, -0.15) is 0 Å². The van der Waals surface area contributed by atoms with E-state index in [0.717, 1.165) is 45.7 Å². The second-order valence-corrected chi connectivity index (χ2v) is 7.15. The Morgan fingerprint density at radius 2 is 2.22 bits per heavy atom. The fourth-order valence-electron chi connectivity index (χ4n) is 4.52. The van der Waals surface area contributed by atoms with Crippen LogP contribution in [0.5, 0.6) is 0 Å². The van der Waals surface area contributed by atoms with Crippen molar-refractivity contribution in [1.82, 2.24) is 19.7 Å². The zero-order chi connectivity index (χ0) is 16.0. The van der Waals surface area contributed by atoms with Crippen molar-refractivity contribution < 1.29 is 9.90 Å². The van der Waals surface area contributed by atoms with E-state index in [1.165, 1.54) is 0 Å². The number of aliphatic hydroxyl groups is 1. The number of likely N-dealkylation sites (N-methyl/N-ethyl adjacent to an activating group) is 1. The van der Waals surface area contributed by atoms with Gasteiger partial charge in [-0.1, -0.05) is 6.92 Å². The summed E-state index contributed by atoms with van der Waals surface area (Å²) in [4.78, 5) is 23.5. The smallest absolute Gasteiger partial charge is 0.255 e.